The van der Waals surface area contributed by atoms with Gasteiger partial charge >= 0.3 is 0 Å². The highest BCUT2D eigenvalue weighted by molar-refractivity contribution is 5.28. The number of nitrogens with one attached hydrogen (secondary N) is 1. The van der Waals surface area contributed by atoms with E-state index in [0.717, 1.165) is 56.7 Å². The Morgan fingerprint density at radius 1 is 1.15 bits per heavy atom. The quantitative estimate of drug-likeness (QED) is 0.893. The van der Waals surface area contributed by atoms with Gasteiger partial charge in [0.2, 0.25) is 0 Å². The van der Waals surface area contributed by atoms with Crippen molar-refractivity contribution >= 4 is 0 Å². The molecule has 1 N–H and O–H groups in total. The molecule has 140 valence electrons. The Kier molecular flexibility index (Phi) is 4.49. The number of aromatic nitrogens is 3. The van der Waals surface area contributed by atoms with E-state index in [1.165, 1.54) is 0 Å². The molecular weight excluding hydrogens is 326 g/mol. The molecule has 0 radical (unpaired) electrons. The molecule has 2 aromatic heterocycles. The maximum atomic E-state index is 12.9. The van der Waals surface area contributed by atoms with Gasteiger partial charge in [-0.3, -0.25) is 19.7 Å². The molecule has 1 atom stereocenters. The zero-order valence-corrected chi connectivity index (χ0v) is 16.0. The molecular formula is C20H29N5O. The molecule has 1 saturated heterocycles. The summed E-state index contributed by atoms with van der Waals surface area (Å²) in [7, 11) is 0. The maximum Gasteiger partial charge on any atom is 0.276 e. The molecule has 0 bridgehead atoms. The van der Waals surface area contributed by atoms with Crippen LogP contribution in [0.3, 0.4) is 0 Å². The van der Waals surface area contributed by atoms with Crippen molar-refractivity contribution < 1.29 is 0 Å². The first kappa shape index (κ1) is 17.5. The standard InChI is InChI=1S/C20H29N5O/c1-20(2,3)24-12-10-23(11-13-24)15-7-8-17-16(14-15)19(26)25(22-17)18-6-4-5-9-21-18/h4-6,9,15,22H,7-8,10-14H2,1-3H3. The lowest BCUT2D eigenvalue weighted by molar-refractivity contribution is 0.0387. The predicted molar refractivity (Wildman–Crippen MR) is 103 cm³/mol. The molecule has 0 spiro atoms. The molecule has 6 nitrogen and oxygen atoms in total. The van der Waals surface area contributed by atoms with Crippen LogP contribution < -0.4 is 5.56 Å². The van der Waals surface area contributed by atoms with Gasteiger partial charge in [0.15, 0.2) is 5.82 Å². The second-order valence-electron chi connectivity index (χ2n) is 8.49. The van der Waals surface area contributed by atoms with Gasteiger partial charge in [0.05, 0.1) is 0 Å². The van der Waals surface area contributed by atoms with Crippen LogP contribution in [0.5, 0.6) is 0 Å². The molecule has 4 rings (SSSR count). The lowest BCUT2D eigenvalue weighted by Gasteiger charge is -2.45. The zero-order chi connectivity index (χ0) is 18.3. The summed E-state index contributed by atoms with van der Waals surface area (Å²) in [5.74, 6) is 0.669. The fourth-order valence-electron chi connectivity index (χ4n) is 4.30. The number of pyridine rings is 1. The van der Waals surface area contributed by atoms with Crippen LogP contribution in [0.4, 0.5) is 0 Å². The highest BCUT2D eigenvalue weighted by Crippen LogP contribution is 2.24. The van der Waals surface area contributed by atoms with Crippen molar-refractivity contribution in [3.8, 4) is 5.82 Å². The van der Waals surface area contributed by atoms with Crippen molar-refractivity contribution in [3.63, 3.8) is 0 Å². The molecule has 3 heterocycles. The van der Waals surface area contributed by atoms with Crippen molar-refractivity contribution in [2.24, 2.45) is 0 Å². The normalized spacial score (nSPS) is 22.3. The molecule has 26 heavy (non-hydrogen) atoms. The van der Waals surface area contributed by atoms with Gasteiger partial charge in [-0.25, -0.2) is 9.67 Å². The Hall–Kier alpha value is -1.92. The Morgan fingerprint density at radius 2 is 1.92 bits per heavy atom. The first-order valence-electron chi connectivity index (χ1n) is 9.67. The van der Waals surface area contributed by atoms with Gasteiger partial charge in [-0.15, -0.1) is 0 Å². The Labute approximate surface area is 154 Å². The zero-order valence-electron chi connectivity index (χ0n) is 16.0. The third kappa shape index (κ3) is 3.23. The van der Waals surface area contributed by atoms with Gasteiger partial charge in [-0.2, -0.15) is 0 Å². The van der Waals surface area contributed by atoms with Gasteiger partial charge in [0, 0.05) is 55.2 Å². The molecule has 6 heteroatoms. The Morgan fingerprint density at radius 3 is 2.58 bits per heavy atom. The molecule has 0 aromatic carbocycles. The van der Waals surface area contributed by atoms with Crippen LogP contribution in [-0.4, -0.2) is 62.3 Å². The fourth-order valence-corrected chi connectivity index (χ4v) is 4.30. The summed E-state index contributed by atoms with van der Waals surface area (Å²) in [5, 5.41) is 3.28. The minimum atomic E-state index is 0.0664. The van der Waals surface area contributed by atoms with Crippen LogP contribution in [0.15, 0.2) is 29.2 Å². The highest BCUT2D eigenvalue weighted by Gasteiger charge is 2.32. The molecule has 1 aliphatic heterocycles. The number of H-pyrrole nitrogens is 1. The lowest BCUT2D eigenvalue weighted by atomic mass is 9.91. The van der Waals surface area contributed by atoms with Crippen molar-refractivity contribution in [2.75, 3.05) is 26.2 Å². The van der Waals surface area contributed by atoms with Crippen molar-refractivity contribution in [2.45, 2.75) is 51.6 Å². The van der Waals surface area contributed by atoms with E-state index in [-0.39, 0.29) is 11.1 Å². The van der Waals surface area contributed by atoms with E-state index in [4.69, 9.17) is 0 Å². The SMILES string of the molecule is CC(C)(C)N1CCN(C2CCc3[nH]n(-c4ccccn4)c(=O)c3C2)CC1. The van der Waals surface area contributed by atoms with Gasteiger partial charge in [0.1, 0.15) is 0 Å². The van der Waals surface area contributed by atoms with Crippen LogP contribution in [-0.2, 0) is 12.8 Å². The first-order chi connectivity index (χ1) is 12.4. The summed E-state index contributed by atoms with van der Waals surface area (Å²) >= 11 is 0. The maximum absolute atomic E-state index is 12.9. The van der Waals surface area contributed by atoms with E-state index in [1.807, 2.05) is 18.2 Å². The minimum absolute atomic E-state index is 0.0664. The summed E-state index contributed by atoms with van der Waals surface area (Å²) < 4.78 is 1.60. The average molecular weight is 355 g/mol. The second kappa shape index (κ2) is 6.67. The summed E-state index contributed by atoms with van der Waals surface area (Å²) in [6, 6.07) is 6.12. The van der Waals surface area contributed by atoms with Crippen LogP contribution in [0, 0.1) is 0 Å². The third-order valence-corrected chi connectivity index (χ3v) is 5.90. The Balaban J connectivity index is 1.49. The third-order valence-electron chi connectivity index (χ3n) is 5.90. The lowest BCUT2D eigenvalue weighted by Crippen LogP contribution is -2.56. The van der Waals surface area contributed by atoms with Gasteiger partial charge in [-0.1, -0.05) is 6.07 Å². The number of aromatic amines is 1. The first-order valence-corrected chi connectivity index (χ1v) is 9.67. The highest BCUT2D eigenvalue weighted by atomic mass is 16.1. The monoisotopic (exact) mass is 355 g/mol. The van der Waals surface area contributed by atoms with Gasteiger partial charge < -0.3 is 0 Å². The van der Waals surface area contributed by atoms with Crippen molar-refractivity contribution in [1.82, 2.24) is 24.6 Å². The summed E-state index contributed by atoms with van der Waals surface area (Å²) in [5.41, 5.74) is 2.34. The van der Waals surface area contributed by atoms with Crippen molar-refractivity contribution in [3.05, 3.63) is 46.0 Å². The topological polar surface area (TPSA) is 57.2 Å². The molecule has 1 unspecified atom stereocenters. The number of nitrogens with zero attached hydrogens (tertiary/aromatic N) is 4. The van der Waals surface area contributed by atoms with E-state index >= 15 is 0 Å². The molecule has 1 fully saturated rings. The Bertz CT molecular complexity index is 809. The minimum Gasteiger partial charge on any atom is -0.297 e. The van der Waals surface area contributed by atoms with Crippen LogP contribution >= 0.6 is 0 Å². The van der Waals surface area contributed by atoms with Crippen LogP contribution in [0.2, 0.25) is 0 Å². The van der Waals surface area contributed by atoms with Crippen LogP contribution in [0.1, 0.15) is 38.4 Å². The second-order valence-corrected chi connectivity index (χ2v) is 8.49. The van der Waals surface area contributed by atoms with Gasteiger partial charge in [-0.05, 0) is 52.2 Å². The molecule has 2 aliphatic rings. The summed E-state index contributed by atoms with van der Waals surface area (Å²) in [6.07, 6.45) is 4.62. The fraction of sp³-hybridized carbons (Fsp3) is 0.600. The van der Waals surface area contributed by atoms with Crippen LogP contribution in [0.25, 0.3) is 5.82 Å². The number of piperazine rings is 1. The van der Waals surface area contributed by atoms with E-state index in [2.05, 4.69) is 40.7 Å². The number of hydrogen-bond donors (Lipinski definition) is 1. The number of fused-ring (bicyclic) bond motifs is 1. The van der Waals surface area contributed by atoms with E-state index < -0.39 is 0 Å². The molecule has 0 saturated carbocycles. The largest absolute Gasteiger partial charge is 0.297 e. The number of aryl methyl sites for hydroxylation is 1. The smallest absolute Gasteiger partial charge is 0.276 e. The van der Waals surface area contributed by atoms with E-state index in [9.17, 15) is 4.79 Å². The summed E-state index contributed by atoms with van der Waals surface area (Å²) in [6.45, 7) is 11.3. The molecule has 0 amide bonds. The number of rotatable bonds is 2. The van der Waals surface area contributed by atoms with E-state index in [1.54, 1.807) is 10.9 Å². The van der Waals surface area contributed by atoms with Gasteiger partial charge in [0.25, 0.3) is 5.56 Å². The summed E-state index contributed by atoms with van der Waals surface area (Å²) in [4.78, 5) is 22.3. The molecule has 1 aliphatic carbocycles. The predicted octanol–water partition coefficient (Wildman–Crippen LogP) is 1.83. The number of hydrogen-bond acceptors (Lipinski definition) is 4. The van der Waals surface area contributed by atoms with Crippen molar-refractivity contribution in [1.29, 1.82) is 0 Å². The molecule has 2 aromatic rings. The van der Waals surface area contributed by atoms with E-state index in [0.29, 0.717) is 11.9 Å². The average Bonchev–Trinajstić information content (AvgIpc) is 2.98.